The molecular formula is C22H26F2N2O5. The number of hydrogen-bond acceptors (Lipinski definition) is 5. The number of nitrogens with one attached hydrogen (secondary N) is 2. The standard InChI is InChI=1S/C22H26F2N2O5/c1-12(2)20(26-21(27)19-14(23)7-6-8-15(19)24)22(28)25-11-13-9-17(30-4)18(31-5)10-16(13)29-3/h6-10,12,20H,11H2,1-5H3,(H,25,28)(H,26,27). The number of ether oxygens (including phenoxy) is 3. The fourth-order valence-electron chi connectivity index (χ4n) is 2.99. The van der Waals surface area contributed by atoms with Gasteiger partial charge in [0, 0.05) is 18.2 Å². The first-order chi connectivity index (χ1) is 14.7. The third-order valence-corrected chi connectivity index (χ3v) is 4.67. The molecule has 1 unspecified atom stereocenters. The van der Waals surface area contributed by atoms with Crippen LogP contribution in [-0.4, -0.2) is 39.2 Å². The Balaban J connectivity index is 2.17. The quantitative estimate of drug-likeness (QED) is 0.631. The topological polar surface area (TPSA) is 85.9 Å². The van der Waals surface area contributed by atoms with E-state index < -0.39 is 35.1 Å². The fourth-order valence-corrected chi connectivity index (χ4v) is 2.99. The lowest BCUT2D eigenvalue weighted by Crippen LogP contribution is -2.49. The SMILES string of the molecule is COc1cc(OC)c(OC)cc1CNC(=O)C(NC(=O)c1c(F)cccc1F)C(C)C. The molecule has 2 N–H and O–H groups in total. The minimum Gasteiger partial charge on any atom is -0.496 e. The minimum absolute atomic E-state index is 0.0650. The Morgan fingerprint density at radius 3 is 2.00 bits per heavy atom. The van der Waals surface area contributed by atoms with Gasteiger partial charge in [-0.1, -0.05) is 19.9 Å². The van der Waals surface area contributed by atoms with Crippen molar-refractivity contribution in [1.29, 1.82) is 0 Å². The second-order valence-electron chi connectivity index (χ2n) is 7.03. The van der Waals surface area contributed by atoms with Crippen molar-refractivity contribution in [3.8, 4) is 17.2 Å². The van der Waals surface area contributed by atoms with Gasteiger partial charge in [0.1, 0.15) is 29.0 Å². The van der Waals surface area contributed by atoms with Crippen molar-refractivity contribution in [2.24, 2.45) is 5.92 Å². The van der Waals surface area contributed by atoms with E-state index >= 15 is 0 Å². The summed E-state index contributed by atoms with van der Waals surface area (Å²) in [5.74, 6) is -2.48. The number of carbonyl (C=O) groups excluding carboxylic acids is 2. The highest BCUT2D eigenvalue weighted by molar-refractivity contribution is 5.98. The maximum absolute atomic E-state index is 13.9. The van der Waals surface area contributed by atoms with Gasteiger partial charge < -0.3 is 24.8 Å². The number of halogens is 2. The van der Waals surface area contributed by atoms with Crippen LogP contribution >= 0.6 is 0 Å². The first-order valence-electron chi connectivity index (χ1n) is 9.54. The molecule has 0 aliphatic heterocycles. The number of methoxy groups -OCH3 is 3. The van der Waals surface area contributed by atoms with Gasteiger partial charge in [-0.15, -0.1) is 0 Å². The van der Waals surface area contributed by atoms with Crippen molar-refractivity contribution < 1.29 is 32.6 Å². The van der Waals surface area contributed by atoms with Gasteiger partial charge in [0.05, 0.1) is 21.3 Å². The van der Waals surface area contributed by atoms with Crippen LogP contribution in [0.15, 0.2) is 30.3 Å². The van der Waals surface area contributed by atoms with Gasteiger partial charge >= 0.3 is 0 Å². The fraction of sp³-hybridized carbons (Fsp3) is 0.364. The third-order valence-electron chi connectivity index (χ3n) is 4.67. The van der Waals surface area contributed by atoms with Crippen LogP contribution in [0.4, 0.5) is 8.78 Å². The van der Waals surface area contributed by atoms with Crippen LogP contribution in [0.2, 0.25) is 0 Å². The zero-order valence-electron chi connectivity index (χ0n) is 18.0. The predicted molar refractivity (Wildman–Crippen MR) is 110 cm³/mol. The van der Waals surface area contributed by atoms with Gasteiger partial charge in [0.2, 0.25) is 5.91 Å². The number of amides is 2. The lowest BCUT2D eigenvalue weighted by molar-refractivity contribution is -0.124. The van der Waals surface area contributed by atoms with Crippen LogP contribution in [0, 0.1) is 17.6 Å². The smallest absolute Gasteiger partial charge is 0.257 e. The molecule has 0 radical (unpaired) electrons. The molecule has 7 nitrogen and oxygen atoms in total. The van der Waals surface area contributed by atoms with Crippen molar-refractivity contribution in [3.63, 3.8) is 0 Å². The summed E-state index contributed by atoms with van der Waals surface area (Å²) in [5, 5.41) is 5.13. The number of carbonyl (C=O) groups is 2. The highest BCUT2D eigenvalue weighted by Crippen LogP contribution is 2.34. The summed E-state index contributed by atoms with van der Waals surface area (Å²) < 4.78 is 43.6. The van der Waals surface area contributed by atoms with Crippen molar-refractivity contribution in [3.05, 3.63) is 53.1 Å². The number of hydrogen-bond donors (Lipinski definition) is 2. The van der Waals surface area contributed by atoms with E-state index in [9.17, 15) is 18.4 Å². The van der Waals surface area contributed by atoms with Gasteiger partial charge in [-0.05, 0) is 24.1 Å². The van der Waals surface area contributed by atoms with Crippen LogP contribution < -0.4 is 24.8 Å². The van der Waals surface area contributed by atoms with E-state index in [1.165, 1.54) is 21.3 Å². The molecule has 0 aromatic heterocycles. The number of benzene rings is 2. The molecule has 2 rings (SSSR count). The van der Waals surface area contributed by atoms with Crippen molar-refractivity contribution >= 4 is 11.8 Å². The maximum atomic E-state index is 13.9. The monoisotopic (exact) mass is 436 g/mol. The van der Waals surface area contributed by atoms with Gasteiger partial charge in [-0.25, -0.2) is 8.78 Å². The molecule has 0 saturated carbocycles. The van der Waals surface area contributed by atoms with Gasteiger partial charge in [-0.3, -0.25) is 9.59 Å². The zero-order chi connectivity index (χ0) is 23.1. The molecule has 2 aromatic rings. The Morgan fingerprint density at radius 2 is 1.48 bits per heavy atom. The van der Waals surface area contributed by atoms with Crippen LogP contribution in [-0.2, 0) is 11.3 Å². The van der Waals surface area contributed by atoms with E-state index in [0.717, 1.165) is 18.2 Å². The second kappa shape index (κ2) is 10.6. The molecule has 31 heavy (non-hydrogen) atoms. The van der Waals surface area contributed by atoms with Gasteiger partial charge in [-0.2, -0.15) is 0 Å². The van der Waals surface area contributed by atoms with Crippen molar-refractivity contribution in [2.75, 3.05) is 21.3 Å². The zero-order valence-corrected chi connectivity index (χ0v) is 18.0. The Hall–Kier alpha value is -3.36. The molecule has 168 valence electrons. The minimum atomic E-state index is -1.02. The highest BCUT2D eigenvalue weighted by atomic mass is 19.1. The van der Waals surface area contributed by atoms with E-state index in [4.69, 9.17) is 14.2 Å². The molecule has 1 atom stereocenters. The Labute approximate surface area is 179 Å². The summed E-state index contributed by atoms with van der Waals surface area (Å²) in [6, 6.07) is 5.39. The van der Waals surface area contributed by atoms with E-state index in [1.807, 2.05) is 0 Å². The van der Waals surface area contributed by atoms with E-state index in [-0.39, 0.29) is 12.5 Å². The normalized spacial score (nSPS) is 11.6. The van der Waals surface area contributed by atoms with E-state index in [2.05, 4.69) is 10.6 Å². The molecule has 2 amide bonds. The summed E-state index contributed by atoms with van der Waals surface area (Å²) in [6.45, 7) is 3.48. The molecule has 0 fully saturated rings. The third kappa shape index (κ3) is 5.62. The summed E-state index contributed by atoms with van der Waals surface area (Å²) in [5.41, 5.74) is -0.120. The molecule has 0 heterocycles. The first kappa shape index (κ1) is 23.9. The maximum Gasteiger partial charge on any atom is 0.257 e. The van der Waals surface area contributed by atoms with E-state index in [0.29, 0.717) is 22.8 Å². The van der Waals surface area contributed by atoms with Crippen molar-refractivity contribution in [1.82, 2.24) is 10.6 Å². The van der Waals surface area contributed by atoms with Crippen LogP contribution in [0.3, 0.4) is 0 Å². The number of rotatable bonds is 9. The van der Waals surface area contributed by atoms with Crippen LogP contribution in [0.25, 0.3) is 0 Å². The molecule has 0 spiro atoms. The lowest BCUT2D eigenvalue weighted by Gasteiger charge is -2.22. The van der Waals surface area contributed by atoms with Crippen LogP contribution in [0.1, 0.15) is 29.8 Å². The van der Waals surface area contributed by atoms with Gasteiger partial charge in [0.15, 0.2) is 11.5 Å². The van der Waals surface area contributed by atoms with E-state index in [1.54, 1.807) is 26.0 Å². The lowest BCUT2D eigenvalue weighted by atomic mass is 10.0. The molecule has 9 heteroatoms. The molecular weight excluding hydrogens is 410 g/mol. The predicted octanol–water partition coefficient (Wildman–Crippen LogP) is 3.06. The summed E-state index contributed by atoms with van der Waals surface area (Å²) >= 11 is 0. The highest BCUT2D eigenvalue weighted by Gasteiger charge is 2.27. The molecule has 0 saturated heterocycles. The molecule has 0 aliphatic rings. The van der Waals surface area contributed by atoms with Crippen molar-refractivity contribution in [2.45, 2.75) is 26.4 Å². The summed E-state index contributed by atoms with van der Waals surface area (Å²) in [6.07, 6.45) is 0. The molecule has 2 aromatic carbocycles. The summed E-state index contributed by atoms with van der Waals surface area (Å²) in [7, 11) is 4.46. The Morgan fingerprint density at radius 1 is 0.935 bits per heavy atom. The average molecular weight is 436 g/mol. The van der Waals surface area contributed by atoms with Gasteiger partial charge in [0.25, 0.3) is 5.91 Å². The van der Waals surface area contributed by atoms with Crippen LogP contribution in [0.5, 0.6) is 17.2 Å². The second-order valence-corrected chi connectivity index (χ2v) is 7.03. The molecule has 0 aliphatic carbocycles. The summed E-state index contributed by atoms with van der Waals surface area (Å²) in [4.78, 5) is 25.2. The largest absolute Gasteiger partial charge is 0.496 e. The average Bonchev–Trinajstić information content (AvgIpc) is 2.74. The Bertz CT molecular complexity index is 929. The Kier molecular flexibility index (Phi) is 8.18. The first-order valence-corrected chi connectivity index (χ1v) is 9.54. The molecule has 0 bridgehead atoms.